The molecule has 2 aliphatic rings. The van der Waals surface area contributed by atoms with E-state index in [4.69, 9.17) is 26.2 Å². The third-order valence-corrected chi connectivity index (χ3v) is 9.55. The summed E-state index contributed by atoms with van der Waals surface area (Å²) in [4.78, 5) is 13.8. The minimum Gasteiger partial charge on any atom is -0.487 e. The fraction of sp³-hybridized carbons (Fsp3) is 0.344. The number of rotatable bonds is 11. The normalized spacial score (nSPS) is 14.9. The molecule has 1 aliphatic carbocycles. The topological polar surface area (TPSA) is 89.4 Å². The number of nitrogens with zero attached hydrogens (tertiary/aromatic N) is 5. The smallest absolute Gasteiger partial charge is 0.142 e. The second-order valence-corrected chi connectivity index (χ2v) is 12.3. The van der Waals surface area contributed by atoms with Crippen LogP contribution in [0.4, 0.5) is 15.9 Å². The number of hydrogen-bond donors (Lipinski definition) is 2. The Hall–Kier alpha value is -3.61. The van der Waals surface area contributed by atoms with Gasteiger partial charge in [0.15, 0.2) is 0 Å². The number of thiophene rings is 1. The zero-order chi connectivity index (χ0) is 29.9. The molecule has 0 saturated carbocycles. The third kappa shape index (κ3) is 6.29. The maximum atomic E-state index is 13.5. The molecule has 44 heavy (non-hydrogen) atoms. The third-order valence-electron chi connectivity index (χ3n) is 8.08. The second kappa shape index (κ2) is 13.2. The van der Waals surface area contributed by atoms with Crippen LogP contribution in [0.15, 0.2) is 55.0 Å². The molecule has 0 radical (unpaired) electrons. The summed E-state index contributed by atoms with van der Waals surface area (Å²) in [5.74, 6) is 0.980. The number of anilines is 2. The molecule has 0 amide bonds. The lowest BCUT2D eigenvalue weighted by atomic mass is 9.95. The number of morpholine rings is 1. The van der Waals surface area contributed by atoms with E-state index >= 15 is 0 Å². The largest absolute Gasteiger partial charge is 0.487 e. The molecule has 0 atom stereocenters. The van der Waals surface area contributed by atoms with Crippen molar-refractivity contribution in [1.29, 1.82) is 0 Å². The molecule has 1 aliphatic heterocycles. The number of nitrogens with one attached hydrogen (secondary N) is 2. The first-order chi connectivity index (χ1) is 21.6. The number of aryl methyl sites for hydroxylation is 1. The summed E-state index contributed by atoms with van der Waals surface area (Å²) in [7, 11) is 0. The molecule has 1 saturated heterocycles. The quantitative estimate of drug-likeness (QED) is 0.179. The molecule has 9 nitrogen and oxygen atoms in total. The van der Waals surface area contributed by atoms with Crippen LogP contribution in [-0.2, 0) is 30.7 Å². The molecule has 228 valence electrons. The van der Waals surface area contributed by atoms with Gasteiger partial charge in [-0.3, -0.25) is 9.58 Å². The van der Waals surface area contributed by atoms with Crippen molar-refractivity contribution in [3.05, 3.63) is 82.6 Å². The number of benzene rings is 2. The molecule has 0 bridgehead atoms. The molecule has 4 heterocycles. The van der Waals surface area contributed by atoms with E-state index in [2.05, 4.69) is 30.2 Å². The number of aromatic nitrogens is 4. The lowest BCUT2D eigenvalue weighted by Crippen LogP contribution is -2.40. The summed E-state index contributed by atoms with van der Waals surface area (Å²) in [6.07, 6.45) is 5.41. The molecule has 1 fully saturated rings. The van der Waals surface area contributed by atoms with Crippen molar-refractivity contribution in [3.63, 3.8) is 0 Å². The lowest BCUT2D eigenvalue weighted by molar-refractivity contribution is 0.0384. The van der Waals surface area contributed by atoms with Gasteiger partial charge < -0.3 is 20.1 Å². The molecule has 7 rings (SSSR count). The average Bonchev–Trinajstić information content (AvgIpc) is 3.63. The minimum atomic E-state index is -0.295. The van der Waals surface area contributed by atoms with E-state index in [-0.39, 0.29) is 12.4 Å². The van der Waals surface area contributed by atoms with Crippen molar-refractivity contribution in [2.24, 2.45) is 0 Å². The number of ether oxygens (including phenoxy) is 2. The summed E-state index contributed by atoms with van der Waals surface area (Å²) in [5.41, 5.74) is 5.25. The number of halogens is 2. The SMILES string of the molecule is Fc1cccc(COc2ccc(Nc3ncnc4sc5c(c34)CCc3c-5cnn3CCNCCN3CCOCC3)cc2Cl)c1. The molecule has 5 aromatic rings. The molecule has 0 unspecified atom stereocenters. The van der Waals surface area contributed by atoms with Crippen molar-refractivity contribution >= 4 is 44.7 Å². The van der Waals surface area contributed by atoms with Crippen LogP contribution < -0.4 is 15.4 Å². The van der Waals surface area contributed by atoms with Gasteiger partial charge in [-0.15, -0.1) is 11.3 Å². The molecule has 3 aromatic heterocycles. The van der Waals surface area contributed by atoms with Crippen molar-refractivity contribution in [2.75, 3.05) is 51.3 Å². The maximum Gasteiger partial charge on any atom is 0.142 e. The van der Waals surface area contributed by atoms with E-state index in [1.807, 2.05) is 30.5 Å². The Balaban J connectivity index is 1.03. The molecule has 2 N–H and O–H groups in total. The van der Waals surface area contributed by atoms with Gasteiger partial charge in [0, 0.05) is 54.5 Å². The average molecular weight is 634 g/mol. The highest BCUT2D eigenvalue weighted by molar-refractivity contribution is 7.22. The van der Waals surface area contributed by atoms with Crippen LogP contribution in [0.1, 0.15) is 16.8 Å². The fourth-order valence-corrected chi connectivity index (χ4v) is 7.29. The van der Waals surface area contributed by atoms with E-state index in [1.54, 1.807) is 23.7 Å². The van der Waals surface area contributed by atoms with Crippen molar-refractivity contribution in [3.8, 4) is 16.2 Å². The van der Waals surface area contributed by atoms with Gasteiger partial charge >= 0.3 is 0 Å². The highest BCUT2D eigenvalue weighted by Crippen LogP contribution is 2.45. The first-order valence-corrected chi connectivity index (χ1v) is 16.1. The highest BCUT2D eigenvalue weighted by atomic mass is 35.5. The molecule has 2 aromatic carbocycles. The Morgan fingerprint density at radius 1 is 1.05 bits per heavy atom. The van der Waals surface area contributed by atoms with E-state index < -0.39 is 0 Å². The monoisotopic (exact) mass is 633 g/mol. The second-order valence-electron chi connectivity index (χ2n) is 10.9. The summed E-state index contributed by atoms with van der Waals surface area (Å²) in [5, 5.41) is 13.3. The van der Waals surface area contributed by atoms with Gasteiger partial charge in [-0.25, -0.2) is 14.4 Å². The molecule has 12 heteroatoms. The first kappa shape index (κ1) is 29.1. The number of hydrogen-bond acceptors (Lipinski definition) is 9. The van der Waals surface area contributed by atoms with E-state index in [0.717, 1.165) is 92.6 Å². The van der Waals surface area contributed by atoms with Gasteiger partial charge in [-0.2, -0.15) is 5.10 Å². The first-order valence-electron chi connectivity index (χ1n) is 14.9. The standard InChI is InChI=1S/C32H33ClFN7O2S/c33-26-17-23(4-7-28(26)43-19-21-2-1-3-22(34)16-21)39-31-29-24-5-6-27-25(30(24)44-32(29)37-20-36-31)18-38-41(27)11-9-35-8-10-40-12-14-42-15-13-40/h1-4,7,16-18,20,35H,5-6,8-15,19H2,(H,36,37,39). The Labute approximate surface area is 264 Å². The highest BCUT2D eigenvalue weighted by Gasteiger charge is 2.27. The summed E-state index contributed by atoms with van der Waals surface area (Å²) in [6.45, 7) is 7.66. The molecular weight excluding hydrogens is 601 g/mol. The Morgan fingerprint density at radius 3 is 2.80 bits per heavy atom. The zero-order valence-corrected chi connectivity index (χ0v) is 25.8. The van der Waals surface area contributed by atoms with Crippen LogP contribution in [0.3, 0.4) is 0 Å². The van der Waals surface area contributed by atoms with Gasteiger partial charge in [0.25, 0.3) is 0 Å². The van der Waals surface area contributed by atoms with E-state index in [9.17, 15) is 4.39 Å². The Bertz CT molecular complexity index is 1770. The Kier molecular flexibility index (Phi) is 8.72. The van der Waals surface area contributed by atoms with Crippen molar-refractivity contribution in [2.45, 2.75) is 26.0 Å². The number of fused-ring (bicyclic) bond motifs is 5. The van der Waals surface area contributed by atoms with Gasteiger partial charge in [0.05, 0.1) is 36.4 Å². The van der Waals surface area contributed by atoms with Crippen LogP contribution in [0, 0.1) is 5.82 Å². The predicted molar refractivity (Wildman–Crippen MR) is 172 cm³/mol. The summed E-state index contributed by atoms with van der Waals surface area (Å²) >= 11 is 8.25. The van der Waals surface area contributed by atoms with Crippen LogP contribution in [0.25, 0.3) is 20.7 Å². The Morgan fingerprint density at radius 2 is 1.93 bits per heavy atom. The van der Waals surface area contributed by atoms with Crippen molar-refractivity contribution in [1.82, 2.24) is 30.0 Å². The minimum absolute atomic E-state index is 0.224. The van der Waals surface area contributed by atoms with Crippen LogP contribution >= 0.6 is 22.9 Å². The van der Waals surface area contributed by atoms with E-state index in [0.29, 0.717) is 10.8 Å². The fourth-order valence-electron chi connectivity index (χ4n) is 5.83. The summed E-state index contributed by atoms with van der Waals surface area (Å²) in [6, 6.07) is 11.9. The lowest BCUT2D eigenvalue weighted by Gasteiger charge is -2.26. The molecular formula is C32H33ClFN7O2S. The predicted octanol–water partition coefficient (Wildman–Crippen LogP) is 5.69. The van der Waals surface area contributed by atoms with Gasteiger partial charge in [-0.1, -0.05) is 23.7 Å². The zero-order valence-electron chi connectivity index (χ0n) is 24.2. The van der Waals surface area contributed by atoms with Gasteiger partial charge in [0.1, 0.15) is 35.1 Å². The maximum absolute atomic E-state index is 13.5. The molecule has 0 spiro atoms. The van der Waals surface area contributed by atoms with Gasteiger partial charge in [-0.05, 0) is 54.3 Å². The van der Waals surface area contributed by atoms with Crippen molar-refractivity contribution < 1.29 is 13.9 Å². The van der Waals surface area contributed by atoms with Crippen LogP contribution in [-0.4, -0.2) is 70.6 Å². The van der Waals surface area contributed by atoms with Crippen LogP contribution in [0.2, 0.25) is 5.02 Å². The van der Waals surface area contributed by atoms with Crippen LogP contribution in [0.5, 0.6) is 5.75 Å². The van der Waals surface area contributed by atoms with E-state index in [1.165, 1.54) is 33.8 Å². The van der Waals surface area contributed by atoms with Gasteiger partial charge in [0.2, 0.25) is 0 Å². The summed E-state index contributed by atoms with van der Waals surface area (Å²) < 4.78 is 26.9.